The van der Waals surface area contributed by atoms with Gasteiger partial charge in [-0.2, -0.15) is 0 Å². The summed E-state index contributed by atoms with van der Waals surface area (Å²) in [4.78, 5) is 8.01. The predicted octanol–water partition coefficient (Wildman–Crippen LogP) is 4.23. The molecule has 2 aromatic heterocycles. The van der Waals surface area contributed by atoms with E-state index in [0.717, 1.165) is 54.6 Å². The predicted molar refractivity (Wildman–Crippen MR) is 129 cm³/mol. The zero-order valence-corrected chi connectivity index (χ0v) is 19.1. The number of aromatic amines is 1. The second-order valence-corrected chi connectivity index (χ2v) is 9.15. The highest BCUT2D eigenvalue weighted by molar-refractivity contribution is 5.85. The van der Waals surface area contributed by atoms with E-state index in [9.17, 15) is 0 Å². The van der Waals surface area contributed by atoms with Gasteiger partial charge in [-0.15, -0.1) is 10.2 Å². The minimum Gasteiger partial charge on any atom is -0.361 e. The summed E-state index contributed by atoms with van der Waals surface area (Å²) in [5.74, 6) is 0. The highest BCUT2D eigenvalue weighted by Crippen LogP contribution is 2.24. The van der Waals surface area contributed by atoms with Crippen molar-refractivity contribution in [2.24, 2.45) is 0 Å². The standard InChI is InChI=1S/C26H31FN6/c1-31(16-20-5-3-2-4-6-20)23-9-11-32(12-10-23)17-22(27)13-21-15-28-26-8-7-24(14-25(21)26)33-18-29-30-19-33/h2-8,14-15,18-19,22-23,28H,9-13,16-17H2,1H3/t22-/m1/s1. The maximum Gasteiger partial charge on any atom is 0.123 e. The van der Waals surface area contributed by atoms with Crippen LogP contribution in [0.1, 0.15) is 24.0 Å². The Labute approximate surface area is 194 Å². The second kappa shape index (κ2) is 9.85. The van der Waals surface area contributed by atoms with Gasteiger partial charge in [-0.3, -0.25) is 9.47 Å². The Morgan fingerprint density at radius 1 is 1.09 bits per heavy atom. The molecule has 0 bridgehead atoms. The lowest BCUT2D eigenvalue weighted by molar-refractivity contribution is 0.103. The van der Waals surface area contributed by atoms with Gasteiger partial charge in [0.25, 0.3) is 0 Å². The Morgan fingerprint density at radius 2 is 1.85 bits per heavy atom. The third kappa shape index (κ3) is 5.15. The molecule has 3 heterocycles. The minimum atomic E-state index is -0.888. The van der Waals surface area contributed by atoms with Crippen LogP contribution in [0.2, 0.25) is 0 Å². The molecule has 1 N–H and O–H groups in total. The molecule has 0 aliphatic carbocycles. The Balaban J connectivity index is 1.15. The van der Waals surface area contributed by atoms with Gasteiger partial charge in [-0.25, -0.2) is 4.39 Å². The number of aromatic nitrogens is 4. The van der Waals surface area contributed by atoms with E-state index >= 15 is 4.39 Å². The molecule has 0 amide bonds. The normalized spacial score (nSPS) is 16.6. The number of benzene rings is 2. The van der Waals surface area contributed by atoms with E-state index in [4.69, 9.17) is 0 Å². The van der Waals surface area contributed by atoms with E-state index in [1.54, 1.807) is 12.7 Å². The first-order chi connectivity index (χ1) is 16.2. The lowest BCUT2D eigenvalue weighted by atomic mass is 10.0. The average molecular weight is 447 g/mol. The molecule has 6 nitrogen and oxygen atoms in total. The number of H-pyrrole nitrogens is 1. The summed E-state index contributed by atoms with van der Waals surface area (Å²) < 4.78 is 17.0. The SMILES string of the molecule is CN(Cc1ccccc1)C1CCN(C[C@H](F)Cc2c[nH]c3ccc(-n4cnnc4)cc23)CC1. The molecule has 1 saturated heterocycles. The van der Waals surface area contributed by atoms with Crippen LogP contribution in [0.4, 0.5) is 4.39 Å². The lowest BCUT2D eigenvalue weighted by Gasteiger charge is -2.37. The summed E-state index contributed by atoms with van der Waals surface area (Å²) >= 11 is 0. The number of likely N-dealkylation sites (tertiary alicyclic amines) is 1. The van der Waals surface area contributed by atoms with Crippen molar-refractivity contribution in [1.29, 1.82) is 0 Å². The van der Waals surface area contributed by atoms with Gasteiger partial charge in [-0.05, 0) is 62.3 Å². The smallest absolute Gasteiger partial charge is 0.123 e. The molecule has 172 valence electrons. The molecular formula is C26H31FN6. The second-order valence-electron chi connectivity index (χ2n) is 9.15. The zero-order valence-electron chi connectivity index (χ0n) is 19.1. The number of nitrogens with one attached hydrogen (secondary N) is 1. The molecule has 5 rings (SSSR count). The Morgan fingerprint density at radius 3 is 2.61 bits per heavy atom. The summed E-state index contributed by atoms with van der Waals surface area (Å²) in [5.41, 5.74) is 4.36. The summed E-state index contributed by atoms with van der Waals surface area (Å²) in [5, 5.41) is 8.81. The Kier molecular flexibility index (Phi) is 6.51. The molecule has 2 aromatic carbocycles. The van der Waals surface area contributed by atoms with Crippen LogP contribution in [0.3, 0.4) is 0 Å². The van der Waals surface area contributed by atoms with E-state index in [1.165, 1.54) is 5.56 Å². The number of hydrogen-bond acceptors (Lipinski definition) is 4. The number of rotatable bonds is 8. The van der Waals surface area contributed by atoms with Gasteiger partial charge >= 0.3 is 0 Å². The van der Waals surface area contributed by atoms with E-state index < -0.39 is 6.17 Å². The number of fused-ring (bicyclic) bond motifs is 1. The van der Waals surface area contributed by atoms with Crippen LogP contribution in [0.15, 0.2) is 67.4 Å². The van der Waals surface area contributed by atoms with Crippen molar-refractivity contribution in [1.82, 2.24) is 29.5 Å². The van der Waals surface area contributed by atoms with E-state index in [2.05, 4.69) is 68.4 Å². The first-order valence-corrected chi connectivity index (χ1v) is 11.7. The zero-order chi connectivity index (χ0) is 22.6. The van der Waals surface area contributed by atoms with Gasteiger partial charge in [0.1, 0.15) is 18.8 Å². The largest absolute Gasteiger partial charge is 0.361 e. The Bertz CT molecular complexity index is 1150. The summed E-state index contributed by atoms with van der Waals surface area (Å²) in [6.45, 7) is 3.37. The number of piperidine rings is 1. The molecule has 0 unspecified atom stereocenters. The van der Waals surface area contributed by atoms with Gasteiger partial charge in [0.2, 0.25) is 0 Å². The lowest BCUT2D eigenvalue weighted by Crippen LogP contribution is -2.45. The van der Waals surface area contributed by atoms with Crippen molar-refractivity contribution in [2.75, 3.05) is 26.7 Å². The molecule has 7 heteroatoms. The van der Waals surface area contributed by atoms with E-state index in [0.29, 0.717) is 19.0 Å². The molecule has 33 heavy (non-hydrogen) atoms. The third-order valence-corrected chi connectivity index (χ3v) is 6.82. The fourth-order valence-electron chi connectivity index (χ4n) is 4.96. The molecule has 1 aliphatic heterocycles. The molecular weight excluding hydrogens is 415 g/mol. The highest BCUT2D eigenvalue weighted by atomic mass is 19.1. The van der Waals surface area contributed by atoms with Crippen molar-refractivity contribution in [2.45, 2.75) is 38.0 Å². The van der Waals surface area contributed by atoms with Crippen molar-refractivity contribution in [3.05, 3.63) is 78.5 Å². The van der Waals surface area contributed by atoms with Crippen LogP contribution in [-0.2, 0) is 13.0 Å². The van der Waals surface area contributed by atoms with Crippen molar-refractivity contribution < 1.29 is 4.39 Å². The third-order valence-electron chi connectivity index (χ3n) is 6.82. The van der Waals surface area contributed by atoms with E-state index in [1.807, 2.05) is 22.9 Å². The molecule has 1 atom stereocenters. The van der Waals surface area contributed by atoms with Gasteiger partial charge < -0.3 is 9.88 Å². The van der Waals surface area contributed by atoms with Gasteiger partial charge in [0.15, 0.2) is 0 Å². The quantitative estimate of drug-likeness (QED) is 0.440. The van der Waals surface area contributed by atoms with Crippen molar-refractivity contribution in [3.8, 4) is 5.69 Å². The number of halogens is 1. The first-order valence-electron chi connectivity index (χ1n) is 11.7. The summed E-state index contributed by atoms with van der Waals surface area (Å²) in [6, 6.07) is 17.3. The number of alkyl halides is 1. The van der Waals surface area contributed by atoms with Crippen molar-refractivity contribution >= 4 is 10.9 Å². The van der Waals surface area contributed by atoms with Gasteiger partial charge in [0, 0.05) is 48.3 Å². The van der Waals surface area contributed by atoms with Crippen LogP contribution in [-0.4, -0.2) is 68.4 Å². The molecule has 0 radical (unpaired) electrons. The maximum atomic E-state index is 15.1. The minimum absolute atomic E-state index is 0.416. The molecule has 0 spiro atoms. The molecule has 4 aromatic rings. The monoisotopic (exact) mass is 446 g/mol. The van der Waals surface area contributed by atoms with Crippen molar-refractivity contribution in [3.63, 3.8) is 0 Å². The number of nitrogens with zero attached hydrogens (tertiary/aromatic N) is 5. The van der Waals surface area contributed by atoms with Crippen LogP contribution in [0.25, 0.3) is 16.6 Å². The van der Waals surface area contributed by atoms with Gasteiger partial charge in [-0.1, -0.05) is 30.3 Å². The number of hydrogen-bond donors (Lipinski definition) is 1. The Hall–Kier alpha value is -3.03. The fraction of sp³-hybridized carbons (Fsp3) is 0.385. The van der Waals surface area contributed by atoms with Gasteiger partial charge in [0.05, 0.1) is 0 Å². The molecule has 0 saturated carbocycles. The first kappa shape index (κ1) is 21.8. The van der Waals surface area contributed by atoms with Crippen LogP contribution in [0.5, 0.6) is 0 Å². The topological polar surface area (TPSA) is 53.0 Å². The average Bonchev–Trinajstić information content (AvgIpc) is 3.50. The van der Waals surface area contributed by atoms with Crippen LogP contribution < -0.4 is 0 Å². The molecule has 1 fully saturated rings. The van der Waals surface area contributed by atoms with Crippen LogP contribution >= 0.6 is 0 Å². The maximum absolute atomic E-state index is 15.1. The molecule has 1 aliphatic rings. The summed E-state index contributed by atoms with van der Waals surface area (Å²) in [6.07, 6.45) is 6.99. The summed E-state index contributed by atoms with van der Waals surface area (Å²) in [7, 11) is 2.20. The van der Waals surface area contributed by atoms with Crippen LogP contribution in [0, 0.1) is 0 Å². The highest BCUT2D eigenvalue weighted by Gasteiger charge is 2.24. The fourth-order valence-corrected chi connectivity index (χ4v) is 4.96. The van der Waals surface area contributed by atoms with E-state index in [-0.39, 0.29) is 0 Å².